The van der Waals surface area contributed by atoms with Crippen molar-refractivity contribution in [3.8, 4) is 5.75 Å². The van der Waals surface area contributed by atoms with Gasteiger partial charge in [0.1, 0.15) is 18.5 Å². The Bertz CT molecular complexity index is 803. The molecule has 1 amide bonds. The fourth-order valence-electron chi connectivity index (χ4n) is 2.68. The zero-order chi connectivity index (χ0) is 20.7. The lowest BCUT2D eigenvalue weighted by atomic mass is 10.1. The summed E-state index contributed by atoms with van der Waals surface area (Å²) in [4.78, 5) is 13.5. The number of nitrogen functional groups attached to an aromatic ring is 1. The number of aryl methyl sites for hydroxylation is 1. The van der Waals surface area contributed by atoms with Crippen LogP contribution in [0.25, 0.3) is 0 Å². The first-order chi connectivity index (χ1) is 13.2. The van der Waals surface area contributed by atoms with Gasteiger partial charge in [0.15, 0.2) is 0 Å². The van der Waals surface area contributed by atoms with Gasteiger partial charge in [0.05, 0.1) is 5.56 Å². The molecule has 1 unspecified atom stereocenters. The highest BCUT2D eigenvalue weighted by Crippen LogP contribution is 2.35. The quantitative estimate of drug-likeness (QED) is 0.626. The maximum atomic E-state index is 12.9. The molecule has 2 aromatic carbocycles. The summed E-state index contributed by atoms with van der Waals surface area (Å²) >= 11 is 0. The minimum Gasteiger partial charge on any atom is -0.490 e. The third-order valence-corrected chi connectivity index (χ3v) is 4.20. The van der Waals surface area contributed by atoms with E-state index < -0.39 is 17.8 Å². The largest absolute Gasteiger partial charge is 0.490 e. The smallest absolute Gasteiger partial charge is 0.419 e. The van der Waals surface area contributed by atoms with Crippen LogP contribution in [0, 0.1) is 0 Å². The van der Waals surface area contributed by atoms with Crippen LogP contribution in [0.15, 0.2) is 48.5 Å². The maximum absolute atomic E-state index is 12.9. The number of hydrogen-bond acceptors (Lipinski definition) is 4. The first-order valence-electron chi connectivity index (χ1n) is 8.73. The molecule has 2 aromatic rings. The van der Waals surface area contributed by atoms with Crippen molar-refractivity contribution in [2.75, 3.05) is 25.9 Å². The molecule has 9 heteroatoms. The molecule has 0 bridgehead atoms. The summed E-state index contributed by atoms with van der Waals surface area (Å²) < 4.78 is 43.9. The maximum Gasteiger partial charge on any atom is 0.419 e. The number of alkyl halides is 3. The zero-order valence-corrected chi connectivity index (χ0v) is 16.7. The van der Waals surface area contributed by atoms with Crippen molar-refractivity contribution in [3.05, 3.63) is 59.7 Å². The highest BCUT2D eigenvalue weighted by atomic mass is 35.5. The average molecular weight is 433 g/mol. The van der Waals surface area contributed by atoms with Gasteiger partial charge >= 0.3 is 6.18 Å². The number of amides is 1. The summed E-state index contributed by atoms with van der Waals surface area (Å²) in [6, 6.07) is 12.0. The number of carbonyl (C=O) groups is 1. The van der Waals surface area contributed by atoms with Crippen LogP contribution in [0.1, 0.15) is 17.5 Å². The van der Waals surface area contributed by atoms with Gasteiger partial charge in [-0.25, -0.2) is 0 Å². The molecule has 29 heavy (non-hydrogen) atoms. The number of para-hydroxylation sites is 2. The van der Waals surface area contributed by atoms with E-state index in [1.165, 1.54) is 30.1 Å². The van der Waals surface area contributed by atoms with Gasteiger partial charge in [0, 0.05) is 25.7 Å². The number of hydrogen-bond donors (Lipinski definition) is 2. The minimum atomic E-state index is -4.55. The number of anilines is 1. The first-order valence-corrected chi connectivity index (χ1v) is 8.73. The highest BCUT2D eigenvalue weighted by molar-refractivity contribution is 5.85. The van der Waals surface area contributed by atoms with Gasteiger partial charge in [-0.05, 0) is 30.2 Å². The summed E-state index contributed by atoms with van der Waals surface area (Å²) in [5, 5.41) is 10.0. The molecule has 5 nitrogen and oxygen atoms in total. The average Bonchev–Trinajstić information content (AvgIpc) is 2.65. The fraction of sp³-hybridized carbons (Fsp3) is 0.350. The molecule has 160 valence electrons. The number of aliphatic hydroxyl groups excluding tert-OH is 1. The summed E-state index contributed by atoms with van der Waals surface area (Å²) in [6.07, 6.45) is -5.01. The second kappa shape index (κ2) is 10.9. The number of rotatable bonds is 8. The zero-order valence-electron chi connectivity index (χ0n) is 15.9. The molecule has 2 rings (SSSR count). The Hall–Kier alpha value is -2.45. The van der Waals surface area contributed by atoms with Crippen LogP contribution in [-0.2, 0) is 17.4 Å². The van der Waals surface area contributed by atoms with Crippen LogP contribution in [-0.4, -0.2) is 42.2 Å². The number of carbonyl (C=O) groups excluding carboxylic acids is 1. The molecule has 0 aliphatic rings. The van der Waals surface area contributed by atoms with Crippen molar-refractivity contribution in [2.45, 2.75) is 25.1 Å². The molecule has 0 aliphatic heterocycles. The van der Waals surface area contributed by atoms with Crippen LogP contribution in [0.4, 0.5) is 18.9 Å². The van der Waals surface area contributed by atoms with Crippen molar-refractivity contribution in [1.82, 2.24) is 4.90 Å². The molecule has 0 aromatic heterocycles. The second-order valence-corrected chi connectivity index (χ2v) is 6.43. The number of likely N-dealkylation sites (N-methyl/N-ethyl adjacent to an activating group) is 1. The second-order valence-electron chi connectivity index (χ2n) is 6.43. The molecule has 0 radical (unpaired) electrons. The lowest BCUT2D eigenvalue weighted by Crippen LogP contribution is -2.37. The molecular formula is C20H24ClF3N2O3. The lowest BCUT2D eigenvalue weighted by molar-refractivity contribution is -0.139. The van der Waals surface area contributed by atoms with Crippen molar-refractivity contribution in [2.24, 2.45) is 0 Å². The Kier molecular flexibility index (Phi) is 9.26. The van der Waals surface area contributed by atoms with E-state index in [1.807, 2.05) is 12.1 Å². The molecule has 0 heterocycles. The van der Waals surface area contributed by atoms with E-state index in [0.717, 1.165) is 11.6 Å². The number of ether oxygens (including phenoxy) is 1. The van der Waals surface area contributed by atoms with Crippen molar-refractivity contribution < 1.29 is 27.8 Å². The Morgan fingerprint density at radius 3 is 2.45 bits per heavy atom. The monoisotopic (exact) mass is 432 g/mol. The van der Waals surface area contributed by atoms with Crippen molar-refractivity contribution >= 4 is 24.0 Å². The van der Waals surface area contributed by atoms with E-state index in [9.17, 15) is 23.1 Å². The van der Waals surface area contributed by atoms with E-state index in [2.05, 4.69) is 0 Å². The predicted octanol–water partition coefficient (Wildman–Crippen LogP) is 3.54. The van der Waals surface area contributed by atoms with E-state index in [0.29, 0.717) is 12.1 Å². The minimum absolute atomic E-state index is 0. The molecule has 0 saturated carbocycles. The Morgan fingerprint density at radius 1 is 1.17 bits per heavy atom. The van der Waals surface area contributed by atoms with Gasteiger partial charge in [-0.2, -0.15) is 13.2 Å². The standard InChI is InChI=1S/C20H23F3N2O3.ClH/c1-25(19(27)11-10-14-6-2-4-8-17(14)24)12-15(26)13-28-18-9-5-3-7-16(18)20(21,22)23;/h2-9,15,26H,10-13,24H2,1H3;1H. The summed E-state index contributed by atoms with van der Waals surface area (Å²) in [6.45, 7) is -0.423. The van der Waals surface area contributed by atoms with Crippen LogP contribution in [0.3, 0.4) is 0 Å². The topological polar surface area (TPSA) is 75.8 Å². The van der Waals surface area contributed by atoms with Gasteiger partial charge in [-0.3, -0.25) is 4.79 Å². The third kappa shape index (κ3) is 7.47. The summed E-state index contributed by atoms with van der Waals surface area (Å²) in [5.74, 6) is -0.569. The molecule has 3 N–H and O–H groups in total. The first kappa shape index (κ1) is 24.6. The van der Waals surface area contributed by atoms with E-state index in [1.54, 1.807) is 12.1 Å². The van der Waals surface area contributed by atoms with E-state index in [-0.39, 0.29) is 43.6 Å². The normalized spacial score (nSPS) is 12.0. The molecule has 0 fully saturated rings. The molecule has 0 saturated heterocycles. The van der Waals surface area contributed by atoms with Gasteiger partial charge in [-0.1, -0.05) is 30.3 Å². The van der Waals surface area contributed by atoms with Crippen LogP contribution >= 0.6 is 12.4 Å². The van der Waals surface area contributed by atoms with Crippen LogP contribution < -0.4 is 10.5 Å². The van der Waals surface area contributed by atoms with E-state index >= 15 is 0 Å². The van der Waals surface area contributed by atoms with E-state index in [4.69, 9.17) is 10.5 Å². The number of benzene rings is 2. The van der Waals surface area contributed by atoms with Gasteiger partial charge in [-0.15, -0.1) is 12.4 Å². The highest BCUT2D eigenvalue weighted by Gasteiger charge is 2.34. The third-order valence-electron chi connectivity index (χ3n) is 4.20. The Balaban J connectivity index is 0.00000420. The number of nitrogens with two attached hydrogens (primary N) is 1. The van der Waals surface area contributed by atoms with Gasteiger partial charge in [0.25, 0.3) is 0 Å². The van der Waals surface area contributed by atoms with Crippen LogP contribution in [0.2, 0.25) is 0 Å². The molecule has 0 aliphatic carbocycles. The predicted molar refractivity (Wildman–Crippen MR) is 107 cm³/mol. The fourth-order valence-corrected chi connectivity index (χ4v) is 2.68. The van der Waals surface area contributed by atoms with Gasteiger partial charge in [0.2, 0.25) is 5.91 Å². The number of aliphatic hydroxyl groups is 1. The molecular weight excluding hydrogens is 409 g/mol. The Morgan fingerprint density at radius 2 is 1.79 bits per heavy atom. The number of halogens is 4. The van der Waals surface area contributed by atoms with Crippen molar-refractivity contribution in [1.29, 1.82) is 0 Å². The lowest BCUT2D eigenvalue weighted by Gasteiger charge is -2.22. The summed E-state index contributed by atoms with van der Waals surface area (Å²) in [5.41, 5.74) is 6.39. The van der Waals surface area contributed by atoms with Gasteiger partial charge < -0.3 is 20.5 Å². The Labute approximate surface area is 173 Å². The number of nitrogens with zero attached hydrogens (tertiary/aromatic N) is 1. The molecule has 1 atom stereocenters. The van der Waals surface area contributed by atoms with Crippen molar-refractivity contribution in [3.63, 3.8) is 0 Å². The SMILES string of the molecule is CN(CC(O)COc1ccccc1C(F)(F)F)C(=O)CCc1ccccc1N.Cl. The molecule has 0 spiro atoms. The summed E-state index contributed by atoms with van der Waals surface area (Å²) in [7, 11) is 1.52. The van der Waals surface area contributed by atoms with Crippen LogP contribution in [0.5, 0.6) is 5.75 Å².